The highest BCUT2D eigenvalue weighted by atomic mass is 79.9. The van der Waals surface area contributed by atoms with Gasteiger partial charge in [-0.05, 0) is 42.8 Å². The Hall–Kier alpha value is -1.39. The van der Waals surface area contributed by atoms with Gasteiger partial charge in [0.15, 0.2) is 0 Å². The number of hydrogen-bond donors (Lipinski definition) is 1. The molecule has 0 atom stereocenters. The quantitative estimate of drug-likeness (QED) is 0.916. The number of nitrogens with one attached hydrogen (secondary N) is 1. The molecule has 1 N–H and O–H groups in total. The Bertz CT molecular complexity index is 558. The Morgan fingerprint density at radius 3 is 2.79 bits per heavy atom. The smallest absolute Gasteiger partial charge is 0.119 e. The molecule has 0 saturated carbocycles. The van der Waals surface area contributed by atoms with E-state index in [4.69, 9.17) is 4.74 Å². The average molecular weight is 321 g/mol. The van der Waals surface area contributed by atoms with Crippen LogP contribution in [0.4, 0.5) is 0 Å². The summed E-state index contributed by atoms with van der Waals surface area (Å²) in [6.45, 7) is 3.53. The molecule has 0 bridgehead atoms. The van der Waals surface area contributed by atoms with Gasteiger partial charge in [0.25, 0.3) is 0 Å². The minimum absolute atomic E-state index is 0.755. The molecule has 1 aromatic carbocycles. The molecule has 0 aliphatic rings. The largest absolute Gasteiger partial charge is 0.497 e. The van der Waals surface area contributed by atoms with Gasteiger partial charge in [-0.2, -0.15) is 0 Å². The molecule has 4 heteroatoms. The topological polar surface area (TPSA) is 34.1 Å². The second-order valence-electron chi connectivity index (χ2n) is 4.33. The molecule has 100 valence electrons. The number of nitrogens with zero attached hydrogens (tertiary/aromatic N) is 1. The van der Waals surface area contributed by atoms with E-state index in [1.54, 1.807) is 7.11 Å². The lowest BCUT2D eigenvalue weighted by Gasteiger charge is -2.09. The minimum Gasteiger partial charge on any atom is -0.497 e. The summed E-state index contributed by atoms with van der Waals surface area (Å²) in [4.78, 5) is 4.46. The van der Waals surface area contributed by atoms with E-state index in [-0.39, 0.29) is 0 Å². The summed E-state index contributed by atoms with van der Waals surface area (Å²) in [5, 5.41) is 3.39. The lowest BCUT2D eigenvalue weighted by atomic mass is 10.2. The van der Waals surface area contributed by atoms with E-state index in [0.717, 1.165) is 34.7 Å². The molecule has 1 aromatic heterocycles. The minimum atomic E-state index is 0.755. The zero-order chi connectivity index (χ0) is 13.7. The van der Waals surface area contributed by atoms with Crippen molar-refractivity contribution in [2.75, 3.05) is 7.11 Å². The fraction of sp³-hybridized carbons (Fsp3) is 0.267. The molecular formula is C15H17BrN2O. The van der Waals surface area contributed by atoms with Crippen molar-refractivity contribution in [1.29, 1.82) is 0 Å². The summed E-state index contributed by atoms with van der Waals surface area (Å²) >= 11 is 3.55. The van der Waals surface area contributed by atoms with Crippen molar-refractivity contribution in [1.82, 2.24) is 10.3 Å². The Labute approximate surface area is 122 Å². The van der Waals surface area contributed by atoms with Crippen LogP contribution in [0.15, 0.2) is 40.9 Å². The monoisotopic (exact) mass is 320 g/mol. The normalized spacial score (nSPS) is 10.5. The molecule has 0 aliphatic carbocycles. The molecule has 0 spiro atoms. The summed E-state index contributed by atoms with van der Waals surface area (Å²) in [6.07, 6.45) is 0. The van der Waals surface area contributed by atoms with E-state index in [9.17, 15) is 0 Å². The first kappa shape index (κ1) is 14.0. The standard InChI is InChI=1S/C15H17BrN2O/c1-11-4-3-5-13(18-11)10-17-9-12-8-14(19-2)6-7-15(12)16/h3-8,17H,9-10H2,1-2H3. The molecule has 0 aliphatic heterocycles. The number of benzene rings is 1. The first-order chi connectivity index (χ1) is 9.19. The molecule has 2 aromatic rings. The molecule has 0 unspecified atom stereocenters. The number of hydrogen-bond acceptors (Lipinski definition) is 3. The lowest BCUT2D eigenvalue weighted by Crippen LogP contribution is -2.14. The summed E-state index contributed by atoms with van der Waals surface area (Å²) in [7, 11) is 1.68. The molecule has 0 fully saturated rings. The number of halogens is 1. The van der Waals surface area contributed by atoms with Gasteiger partial charge >= 0.3 is 0 Å². The number of aromatic nitrogens is 1. The van der Waals surface area contributed by atoms with Crippen LogP contribution in [0, 0.1) is 6.92 Å². The van der Waals surface area contributed by atoms with Crippen molar-refractivity contribution in [3.63, 3.8) is 0 Å². The molecule has 3 nitrogen and oxygen atoms in total. The van der Waals surface area contributed by atoms with Crippen molar-refractivity contribution in [3.05, 3.63) is 57.8 Å². The summed E-state index contributed by atoms with van der Waals surface area (Å²) in [6, 6.07) is 12.0. The molecule has 0 amide bonds. The Morgan fingerprint density at radius 1 is 1.21 bits per heavy atom. The van der Waals surface area contributed by atoms with Crippen LogP contribution in [0.25, 0.3) is 0 Å². The van der Waals surface area contributed by atoms with Gasteiger partial charge in [0, 0.05) is 23.3 Å². The maximum absolute atomic E-state index is 5.23. The number of aryl methyl sites for hydroxylation is 1. The van der Waals surface area contributed by atoms with E-state index in [1.165, 1.54) is 5.56 Å². The van der Waals surface area contributed by atoms with Crippen molar-refractivity contribution < 1.29 is 4.74 Å². The molecule has 0 saturated heterocycles. The highest BCUT2D eigenvalue weighted by Crippen LogP contribution is 2.22. The van der Waals surface area contributed by atoms with E-state index >= 15 is 0 Å². The highest BCUT2D eigenvalue weighted by Gasteiger charge is 2.02. The fourth-order valence-corrected chi connectivity index (χ4v) is 2.22. The van der Waals surface area contributed by atoms with Crippen LogP contribution < -0.4 is 10.1 Å². The van der Waals surface area contributed by atoms with Gasteiger partial charge in [-0.25, -0.2) is 0 Å². The lowest BCUT2D eigenvalue weighted by molar-refractivity contribution is 0.414. The second kappa shape index (κ2) is 6.68. The Morgan fingerprint density at radius 2 is 2.05 bits per heavy atom. The summed E-state index contributed by atoms with van der Waals surface area (Å²) < 4.78 is 6.31. The van der Waals surface area contributed by atoms with Crippen molar-refractivity contribution in [2.45, 2.75) is 20.0 Å². The van der Waals surface area contributed by atoms with Crippen molar-refractivity contribution >= 4 is 15.9 Å². The van der Waals surface area contributed by atoms with Crippen molar-refractivity contribution in [3.8, 4) is 5.75 Å². The number of pyridine rings is 1. The Kier molecular flexibility index (Phi) is 4.93. The van der Waals surface area contributed by atoms with E-state index in [1.807, 2.05) is 43.3 Å². The van der Waals surface area contributed by atoms with Crippen LogP contribution in [0.2, 0.25) is 0 Å². The van der Waals surface area contributed by atoms with Crippen LogP contribution >= 0.6 is 15.9 Å². The third-order valence-corrected chi connectivity index (χ3v) is 3.59. The average Bonchev–Trinajstić information content (AvgIpc) is 2.41. The summed E-state index contributed by atoms with van der Waals surface area (Å²) in [5.41, 5.74) is 3.27. The van der Waals surface area contributed by atoms with Gasteiger partial charge in [-0.3, -0.25) is 4.98 Å². The second-order valence-corrected chi connectivity index (χ2v) is 5.19. The maximum Gasteiger partial charge on any atom is 0.119 e. The van der Waals surface area contributed by atoms with Gasteiger partial charge in [0.05, 0.1) is 12.8 Å². The summed E-state index contributed by atoms with van der Waals surface area (Å²) in [5.74, 6) is 0.869. The van der Waals surface area contributed by atoms with Crippen LogP contribution in [-0.2, 0) is 13.1 Å². The van der Waals surface area contributed by atoms with Crippen LogP contribution in [0.1, 0.15) is 17.0 Å². The van der Waals surface area contributed by atoms with Gasteiger partial charge in [0.2, 0.25) is 0 Å². The fourth-order valence-electron chi connectivity index (χ4n) is 1.84. The van der Waals surface area contributed by atoms with Crippen molar-refractivity contribution in [2.24, 2.45) is 0 Å². The van der Waals surface area contributed by atoms with Gasteiger partial charge in [-0.1, -0.05) is 22.0 Å². The van der Waals surface area contributed by atoms with E-state index < -0.39 is 0 Å². The predicted molar refractivity (Wildman–Crippen MR) is 80.2 cm³/mol. The van der Waals surface area contributed by atoms with Crippen LogP contribution in [-0.4, -0.2) is 12.1 Å². The van der Waals surface area contributed by atoms with E-state index in [2.05, 4.69) is 26.2 Å². The molecule has 0 radical (unpaired) electrons. The number of ether oxygens (including phenoxy) is 1. The number of methoxy groups -OCH3 is 1. The third-order valence-electron chi connectivity index (χ3n) is 2.82. The van der Waals surface area contributed by atoms with Crippen LogP contribution in [0.5, 0.6) is 5.75 Å². The first-order valence-corrected chi connectivity index (χ1v) is 6.94. The molecule has 1 heterocycles. The number of rotatable bonds is 5. The Balaban J connectivity index is 1.95. The SMILES string of the molecule is COc1ccc(Br)c(CNCc2cccc(C)n2)c1. The maximum atomic E-state index is 5.23. The third kappa shape index (κ3) is 4.04. The van der Waals surface area contributed by atoms with Gasteiger partial charge in [-0.15, -0.1) is 0 Å². The first-order valence-electron chi connectivity index (χ1n) is 6.14. The molecule has 19 heavy (non-hydrogen) atoms. The predicted octanol–water partition coefficient (Wildman–Crippen LogP) is 3.45. The zero-order valence-corrected chi connectivity index (χ0v) is 12.7. The highest BCUT2D eigenvalue weighted by molar-refractivity contribution is 9.10. The molecule has 2 rings (SSSR count). The van der Waals surface area contributed by atoms with E-state index in [0.29, 0.717) is 0 Å². The molecular weight excluding hydrogens is 304 g/mol. The van der Waals surface area contributed by atoms with Gasteiger partial charge < -0.3 is 10.1 Å². The van der Waals surface area contributed by atoms with Crippen LogP contribution in [0.3, 0.4) is 0 Å². The van der Waals surface area contributed by atoms with Gasteiger partial charge in [0.1, 0.15) is 5.75 Å². The zero-order valence-electron chi connectivity index (χ0n) is 11.1.